The van der Waals surface area contributed by atoms with Gasteiger partial charge >= 0.3 is 0 Å². The molecule has 1 aromatic heterocycles. The van der Waals surface area contributed by atoms with Gasteiger partial charge in [0.05, 0.1) is 16.3 Å². The van der Waals surface area contributed by atoms with Crippen LogP contribution in [0.1, 0.15) is 10.4 Å². The van der Waals surface area contributed by atoms with Gasteiger partial charge in [-0.25, -0.2) is 12.7 Å². The fourth-order valence-corrected chi connectivity index (χ4v) is 3.93. The van der Waals surface area contributed by atoms with Crippen LogP contribution >= 0.6 is 11.3 Å². The standard InChI is InChI=1S/C19H15NO2S2/c21-24(22,19-11-5-2-6-12-19)20(14-13-18-10-7-15-23-18)16-17-8-3-1-4-9-17/h1-12,15H,16H2. The highest BCUT2D eigenvalue weighted by molar-refractivity contribution is 7.89. The minimum absolute atomic E-state index is 0.205. The average Bonchev–Trinajstić information content (AvgIpc) is 3.13. The van der Waals surface area contributed by atoms with E-state index in [0.717, 1.165) is 10.4 Å². The number of rotatable bonds is 4. The molecule has 0 aliphatic carbocycles. The van der Waals surface area contributed by atoms with E-state index in [1.165, 1.54) is 15.6 Å². The molecule has 0 aliphatic rings. The van der Waals surface area contributed by atoms with Crippen molar-refractivity contribution in [2.45, 2.75) is 11.4 Å². The first-order chi connectivity index (χ1) is 11.7. The van der Waals surface area contributed by atoms with Crippen molar-refractivity contribution >= 4 is 21.4 Å². The summed E-state index contributed by atoms with van der Waals surface area (Å²) in [5.41, 5.74) is 0.887. The molecule has 0 saturated carbocycles. The van der Waals surface area contributed by atoms with E-state index in [1.54, 1.807) is 30.3 Å². The zero-order chi connectivity index (χ0) is 16.8. The first-order valence-corrected chi connectivity index (χ1v) is 9.65. The molecule has 24 heavy (non-hydrogen) atoms. The molecular formula is C19H15NO2S2. The summed E-state index contributed by atoms with van der Waals surface area (Å²) in [6, 6.07) is 24.4. The lowest BCUT2D eigenvalue weighted by Crippen LogP contribution is -2.26. The number of thiophene rings is 1. The summed E-state index contributed by atoms with van der Waals surface area (Å²) >= 11 is 1.48. The highest BCUT2D eigenvalue weighted by Gasteiger charge is 2.22. The fourth-order valence-electron chi connectivity index (χ4n) is 2.12. The maximum Gasteiger partial charge on any atom is 0.271 e. The van der Waals surface area contributed by atoms with Gasteiger partial charge in [0.2, 0.25) is 0 Å². The summed E-state index contributed by atoms with van der Waals surface area (Å²) in [6.45, 7) is 0.205. The third kappa shape index (κ3) is 3.85. The molecule has 0 atom stereocenters. The molecular weight excluding hydrogens is 338 g/mol. The Bertz CT molecular complexity index is 939. The van der Waals surface area contributed by atoms with Crippen molar-refractivity contribution in [1.82, 2.24) is 4.31 Å². The zero-order valence-corrected chi connectivity index (χ0v) is 14.4. The Kier molecular flexibility index (Phi) is 4.99. The SMILES string of the molecule is O=S(=O)(c1ccccc1)N(C#Cc1cccs1)Cc1ccccc1. The lowest BCUT2D eigenvalue weighted by molar-refractivity contribution is 0.508. The van der Waals surface area contributed by atoms with E-state index in [1.807, 2.05) is 47.8 Å². The predicted molar refractivity (Wildman–Crippen MR) is 96.8 cm³/mol. The third-order valence-corrected chi connectivity index (χ3v) is 5.78. The van der Waals surface area contributed by atoms with Crippen molar-refractivity contribution in [2.24, 2.45) is 0 Å². The van der Waals surface area contributed by atoms with Gasteiger partial charge in [-0.3, -0.25) is 0 Å². The van der Waals surface area contributed by atoms with Crippen LogP contribution in [0.5, 0.6) is 0 Å². The van der Waals surface area contributed by atoms with Gasteiger partial charge in [0.1, 0.15) is 0 Å². The van der Waals surface area contributed by atoms with E-state index in [4.69, 9.17) is 0 Å². The second-order valence-electron chi connectivity index (χ2n) is 5.02. The Labute approximate surface area is 146 Å². The first kappa shape index (κ1) is 16.3. The van der Waals surface area contributed by atoms with Gasteiger partial charge in [0.15, 0.2) is 0 Å². The molecule has 0 spiro atoms. The molecule has 0 radical (unpaired) electrons. The molecule has 3 rings (SSSR count). The van der Waals surface area contributed by atoms with E-state index in [9.17, 15) is 8.42 Å². The van der Waals surface area contributed by atoms with E-state index in [2.05, 4.69) is 12.0 Å². The molecule has 0 bridgehead atoms. The van der Waals surface area contributed by atoms with Crippen LogP contribution < -0.4 is 0 Å². The van der Waals surface area contributed by atoms with Gasteiger partial charge in [-0.1, -0.05) is 54.6 Å². The average molecular weight is 353 g/mol. The number of hydrogen-bond donors (Lipinski definition) is 0. The molecule has 0 unspecified atom stereocenters. The summed E-state index contributed by atoms with van der Waals surface area (Å²) < 4.78 is 27.1. The highest BCUT2D eigenvalue weighted by atomic mass is 32.2. The van der Waals surface area contributed by atoms with Crippen LogP contribution in [-0.2, 0) is 16.6 Å². The predicted octanol–water partition coefficient (Wildman–Crippen LogP) is 3.95. The number of sulfonamides is 1. The second-order valence-corrected chi connectivity index (χ2v) is 7.83. The van der Waals surface area contributed by atoms with Gasteiger partial charge in [-0.2, -0.15) is 0 Å². The molecule has 1 heterocycles. The van der Waals surface area contributed by atoms with Crippen LogP contribution in [0, 0.1) is 12.0 Å². The molecule has 0 fully saturated rings. The van der Waals surface area contributed by atoms with Gasteiger partial charge in [-0.05, 0) is 35.1 Å². The van der Waals surface area contributed by atoms with Crippen LogP contribution in [0.2, 0.25) is 0 Å². The van der Waals surface area contributed by atoms with E-state index >= 15 is 0 Å². The quantitative estimate of drug-likeness (QED) is 0.526. The maximum atomic E-state index is 12.9. The summed E-state index contributed by atoms with van der Waals surface area (Å²) in [4.78, 5) is 1.07. The van der Waals surface area contributed by atoms with E-state index < -0.39 is 10.0 Å². The Balaban J connectivity index is 1.98. The Hall–Kier alpha value is -2.55. The van der Waals surface area contributed by atoms with Gasteiger partial charge in [-0.15, -0.1) is 11.3 Å². The Morgan fingerprint density at radius 1 is 0.875 bits per heavy atom. The van der Waals surface area contributed by atoms with Crippen molar-refractivity contribution < 1.29 is 8.42 Å². The number of nitrogens with zero attached hydrogens (tertiary/aromatic N) is 1. The summed E-state index contributed by atoms with van der Waals surface area (Å²) in [5, 5.41) is 1.91. The molecule has 0 saturated heterocycles. The second kappa shape index (κ2) is 7.35. The minimum atomic E-state index is -3.69. The summed E-state index contributed by atoms with van der Waals surface area (Å²) in [6.07, 6.45) is 0. The molecule has 5 heteroatoms. The topological polar surface area (TPSA) is 37.4 Å². The van der Waals surface area contributed by atoms with Crippen molar-refractivity contribution in [3.8, 4) is 12.0 Å². The monoisotopic (exact) mass is 353 g/mol. The Morgan fingerprint density at radius 2 is 1.54 bits per heavy atom. The lowest BCUT2D eigenvalue weighted by atomic mass is 10.2. The van der Waals surface area contributed by atoms with Crippen LogP contribution in [0.3, 0.4) is 0 Å². The largest absolute Gasteiger partial charge is 0.271 e. The van der Waals surface area contributed by atoms with Crippen molar-refractivity contribution in [2.75, 3.05) is 0 Å². The highest BCUT2D eigenvalue weighted by Crippen LogP contribution is 2.18. The fraction of sp³-hybridized carbons (Fsp3) is 0.0526. The molecule has 3 aromatic rings. The smallest absolute Gasteiger partial charge is 0.220 e. The van der Waals surface area contributed by atoms with Crippen LogP contribution in [0.4, 0.5) is 0 Å². The van der Waals surface area contributed by atoms with Crippen molar-refractivity contribution in [3.05, 3.63) is 88.6 Å². The first-order valence-electron chi connectivity index (χ1n) is 7.33. The van der Waals surface area contributed by atoms with Gasteiger partial charge in [0.25, 0.3) is 10.0 Å². The van der Waals surface area contributed by atoms with Crippen LogP contribution in [-0.4, -0.2) is 12.7 Å². The molecule has 120 valence electrons. The van der Waals surface area contributed by atoms with E-state index in [-0.39, 0.29) is 11.4 Å². The summed E-state index contributed by atoms with van der Waals surface area (Å²) in [5.74, 6) is 2.94. The molecule has 0 aliphatic heterocycles. The summed E-state index contributed by atoms with van der Waals surface area (Å²) in [7, 11) is -3.69. The molecule has 2 aromatic carbocycles. The number of hydrogen-bond acceptors (Lipinski definition) is 3. The van der Waals surface area contributed by atoms with Crippen LogP contribution in [0.25, 0.3) is 0 Å². The molecule has 0 amide bonds. The molecule has 0 N–H and O–H groups in total. The van der Waals surface area contributed by atoms with Gasteiger partial charge < -0.3 is 0 Å². The lowest BCUT2D eigenvalue weighted by Gasteiger charge is -2.18. The maximum absolute atomic E-state index is 12.9. The zero-order valence-electron chi connectivity index (χ0n) is 12.8. The normalized spacial score (nSPS) is 10.7. The van der Waals surface area contributed by atoms with E-state index in [0.29, 0.717) is 0 Å². The van der Waals surface area contributed by atoms with Gasteiger partial charge in [0, 0.05) is 6.04 Å². The molecule has 3 nitrogen and oxygen atoms in total. The minimum Gasteiger partial charge on any atom is -0.220 e. The van der Waals surface area contributed by atoms with Crippen molar-refractivity contribution in [3.63, 3.8) is 0 Å². The number of benzene rings is 2. The third-order valence-electron chi connectivity index (χ3n) is 3.33. The van der Waals surface area contributed by atoms with Crippen LogP contribution in [0.15, 0.2) is 83.1 Å². The Morgan fingerprint density at radius 3 is 2.17 bits per heavy atom. The van der Waals surface area contributed by atoms with Crippen molar-refractivity contribution in [1.29, 1.82) is 0 Å².